The van der Waals surface area contributed by atoms with Gasteiger partial charge in [0.2, 0.25) is 0 Å². The molecule has 3 N–H and O–H groups in total. The third-order valence-corrected chi connectivity index (χ3v) is 8.78. The zero-order valence-corrected chi connectivity index (χ0v) is 22.1. The van der Waals surface area contributed by atoms with Gasteiger partial charge in [-0.25, -0.2) is 18.7 Å². The van der Waals surface area contributed by atoms with Crippen molar-refractivity contribution in [2.24, 2.45) is 17.8 Å². The number of carboxylic acids is 1. The maximum atomic E-state index is 14.6. The maximum absolute atomic E-state index is 14.6. The van der Waals surface area contributed by atoms with Crippen molar-refractivity contribution in [3.63, 3.8) is 0 Å². The number of aliphatic carboxylic acids is 1. The van der Waals surface area contributed by atoms with Crippen molar-refractivity contribution in [2.45, 2.75) is 31.7 Å². The standard InChI is InChI=1S/C33H28F2N4O2/c34-21-14-24-25(17-36-31(24)26(35)15-21)32-37-27(23-9-5-4-8-22(23)18-6-2-1-3-7-18)16-28(39-32)38-30-20-12-10-19(11-13-20)29(30)33(40)41/h1-9,14-17,19-20,29-30,36H,10-13H2,(H,40,41)(H,37,38,39). The molecular formula is C33H28F2N4O2. The largest absolute Gasteiger partial charge is 0.481 e. The highest BCUT2D eigenvalue weighted by molar-refractivity contribution is 5.95. The van der Waals surface area contributed by atoms with E-state index in [4.69, 9.17) is 9.97 Å². The van der Waals surface area contributed by atoms with Crippen molar-refractivity contribution in [1.82, 2.24) is 15.0 Å². The number of anilines is 1. The van der Waals surface area contributed by atoms with E-state index < -0.39 is 23.5 Å². The lowest BCUT2D eigenvalue weighted by molar-refractivity contribution is -0.148. The van der Waals surface area contributed by atoms with Crippen LogP contribution >= 0.6 is 0 Å². The zero-order chi connectivity index (χ0) is 28.1. The average Bonchev–Trinajstić information content (AvgIpc) is 3.42. The zero-order valence-electron chi connectivity index (χ0n) is 22.1. The fourth-order valence-electron chi connectivity index (χ4n) is 6.88. The molecule has 3 saturated carbocycles. The van der Waals surface area contributed by atoms with Gasteiger partial charge in [0.25, 0.3) is 0 Å². The number of carbonyl (C=O) groups is 1. The van der Waals surface area contributed by atoms with Crippen LogP contribution in [0, 0.1) is 29.4 Å². The first kappa shape index (κ1) is 25.4. The molecule has 0 spiro atoms. The van der Waals surface area contributed by atoms with Crippen LogP contribution in [0.4, 0.5) is 14.6 Å². The van der Waals surface area contributed by atoms with Crippen molar-refractivity contribution in [1.29, 1.82) is 0 Å². The van der Waals surface area contributed by atoms with E-state index in [9.17, 15) is 18.7 Å². The lowest BCUT2D eigenvalue weighted by Crippen LogP contribution is -2.51. The van der Waals surface area contributed by atoms with Gasteiger partial charge in [-0.05, 0) is 54.7 Å². The van der Waals surface area contributed by atoms with Gasteiger partial charge in [-0.15, -0.1) is 0 Å². The van der Waals surface area contributed by atoms with E-state index >= 15 is 0 Å². The fraction of sp³-hybridized carbons (Fsp3) is 0.242. The van der Waals surface area contributed by atoms with Gasteiger partial charge in [-0.3, -0.25) is 4.79 Å². The predicted molar refractivity (Wildman–Crippen MR) is 154 cm³/mol. The topological polar surface area (TPSA) is 90.9 Å². The van der Waals surface area contributed by atoms with Gasteiger partial charge < -0.3 is 15.4 Å². The van der Waals surface area contributed by atoms with Crippen LogP contribution in [0.3, 0.4) is 0 Å². The number of aromatic amines is 1. The van der Waals surface area contributed by atoms with Gasteiger partial charge in [0.05, 0.1) is 17.1 Å². The molecule has 2 atom stereocenters. The number of nitrogens with zero attached hydrogens (tertiary/aromatic N) is 2. The van der Waals surface area contributed by atoms with Crippen molar-refractivity contribution >= 4 is 22.7 Å². The summed E-state index contributed by atoms with van der Waals surface area (Å²) in [6.45, 7) is 0. The lowest BCUT2D eigenvalue weighted by atomic mass is 9.61. The highest BCUT2D eigenvalue weighted by Gasteiger charge is 2.47. The molecule has 3 aromatic carbocycles. The second-order valence-electron chi connectivity index (χ2n) is 11.1. The van der Waals surface area contributed by atoms with Crippen LogP contribution in [0.5, 0.6) is 0 Å². The van der Waals surface area contributed by atoms with Gasteiger partial charge in [-0.2, -0.15) is 0 Å². The third kappa shape index (κ3) is 4.53. The van der Waals surface area contributed by atoms with E-state index in [1.165, 1.54) is 6.07 Å². The van der Waals surface area contributed by atoms with Crippen LogP contribution in [-0.2, 0) is 4.79 Å². The van der Waals surface area contributed by atoms with Gasteiger partial charge in [0.1, 0.15) is 17.5 Å². The summed E-state index contributed by atoms with van der Waals surface area (Å²) in [4.78, 5) is 25.0. The third-order valence-electron chi connectivity index (χ3n) is 8.78. The summed E-state index contributed by atoms with van der Waals surface area (Å²) in [5.41, 5.74) is 4.11. The van der Waals surface area contributed by atoms with E-state index in [-0.39, 0.29) is 29.2 Å². The first-order valence-electron chi connectivity index (χ1n) is 14.0. The minimum atomic E-state index is -0.789. The fourth-order valence-corrected chi connectivity index (χ4v) is 6.88. The summed E-state index contributed by atoms with van der Waals surface area (Å²) < 4.78 is 28.9. The molecule has 6 nitrogen and oxygen atoms in total. The Hall–Kier alpha value is -4.59. The van der Waals surface area contributed by atoms with Gasteiger partial charge in [-0.1, -0.05) is 54.6 Å². The number of H-pyrrole nitrogens is 1. The number of hydrogen-bond acceptors (Lipinski definition) is 4. The van der Waals surface area contributed by atoms with Crippen LogP contribution in [0.15, 0.2) is 79.0 Å². The molecule has 8 heteroatoms. The molecular weight excluding hydrogens is 522 g/mol. The van der Waals surface area contributed by atoms with Crippen LogP contribution in [0.2, 0.25) is 0 Å². The normalized spacial score (nSPS) is 21.7. The van der Waals surface area contributed by atoms with E-state index in [0.717, 1.165) is 48.4 Å². The Morgan fingerprint density at radius 3 is 2.32 bits per heavy atom. The molecule has 0 aliphatic heterocycles. The average molecular weight is 551 g/mol. The molecule has 8 rings (SSSR count). The summed E-state index contributed by atoms with van der Waals surface area (Å²) in [6, 6.07) is 21.6. The summed E-state index contributed by atoms with van der Waals surface area (Å²) in [7, 11) is 0. The molecule has 206 valence electrons. The van der Waals surface area contributed by atoms with Gasteiger partial charge in [0.15, 0.2) is 5.82 Å². The number of benzene rings is 3. The van der Waals surface area contributed by atoms with E-state index in [0.29, 0.717) is 22.5 Å². The highest BCUT2D eigenvalue weighted by atomic mass is 19.1. The molecule has 2 heterocycles. The highest BCUT2D eigenvalue weighted by Crippen LogP contribution is 2.46. The first-order valence-corrected chi connectivity index (χ1v) is 14.0. The Balaban J connectivity index is 1.40. The van der Waals surface area contributed by atoms with Crippen LogP contribution in [0.1, 0.15) is 25.7 Å². The Kier molecular flexibility index (Phi) is 6.26. The van der Waals surface area contributed by atoms with Gasteiger partial charge >= 0.3 is 5.97 Å². The Morgan fingerprint density at radius 1 is 0.854 bits per heavy atom. The van der Waals surface area contributed by atoms with Crippen LogP contribution < -0.4 is 5.32 Å². The number of fused-ring (bicyclic) bond motifs is 4. The lowest BCUT2D eigenvalue weighted by Gasteiger charge is -2.47. The second kappa shape index (κ2) is 10.1. The Bertz CT molecular complexity index is 1760. The number of carboxylic acid groups (broad SMARTS) is 1. The Labute approximate surface area is 235 Å². The molecule has 3 aliphatic carbocycles. The molecule has 0 radical (unpaired) electrons. The molecule has 3 aliphatic rings. The smallest absolute Gasteiger partial charge is 0.308 e. The SMILES string of the molecule is O=C(O)C1C2CCC(CC2)C1Nc1cc(-c2ccccc2-c2ccccc2)nc(-c2c[nH]c3c(F)cc(F)cc23)n1. The minimum Gasteiger partial charge on any atom is -0.481 e. The van der Waals surface area contributed by atoms with Crippen LogP contribution in [-0.4, -0.2) is 32.1 Å². The van der Waals surface area contributed by atoms with E-state index in [2.05, 4.69) is 10.3 Å². The molecule has 5 aromatic rings. The molecule has 0 amide bonds. The van der Waals surface area contributed by atoms with Crippen molar-refractivity contribution < 1.29 is 18.7 Å². The quantitative estimate of drug-likeness (QED) is 0.203. The monoisotopic (exact) mass is 550 g/mol. The predicted octanol–water partition coefficient (Wildman–Crippen LogP) is 7.54. The number of hydrogen-bond donors (Lipinski definition) is 3. The summed E-state index contributed by atoms with van der Waals surface area (Å²) in [6.07, 6.45) is 5.40. The number of aromatic nitrogens is 3. The molecule has 2 aromatic heterocycles. The van der Waals surface area contributed by atoms with Crippen molar-refractivity contribution in [3.8, 4) is 33.8 Å². The number of halogens is 2. The molecule has 2 unspecified atom stereocenters. The molecule has 0 saturated heterocycles. The van der Waals surface area contributed by atoms with E-state index in [1.54, 1.807) is 6.20 Å². The van der Waals surface area contributed by atoms with Crippen LogP contribution in [0.25, 0.3) is 44.7 Å². The second-order valence-corrected chi connectivity index (χ2v) is 11.1. The van der Waals surface area contributed by atoms with Crippen molar-refractivity contribution in [3.05, 3.63) is 90.6 Å². The van der Waals surface area contributed by atoms with Gasteiger partial charge in [0, 0.05) is 40.9 Å². The molecule has 3 fully saturated rings. The maximum Gasteiger partial charge on any atom is 0.308 e. The number of nitrogens with one attached hydrogen (secondary N) is 2. The summed E-state index contributed by atoms with van der Waals surface area (Å²) in [5, 5.41) is 14.0. The minimum absolute atomic E-state index is 0.133. The number of rotatable bonds is 6. The summed E-state index contributed by atoms with van der Waals surface area (Å²) >= 11 is 0. The van der Waals surface area contributed by atoms with E-state index in [1.807, 2.05) is 60.7 Å². The van der Waals surface area contributed by atoms with Crippen molar-refractivity contribution in [2.75, 3.05) is 5.32 Å². The Morgan fingerprint density at radius 2 is 1.56 bits per heavy atom. The first-order chi connectivity index (χ1) is 20.0. The molecule has 2 bridgehead atoms. The summed E-state index contributed by atoms with van der Waals surface area (Å²) in [5.74, 6) is -1.54. The molecule has 41 heavy (non-hydrogen) atoms.